The van der Waals surface area contributed by atoms with Crippen LogP contribution in [-0.2, 0) is 9.59 Å². The number of benzene rings is 2. The Hall–Kier alpha value is -3.32. The molecule has 2 N–H and O–H groups in total. The van der Waals surface area contributed by atoms with Gasteiger partial charge in [-0.25, -0.2) is 4.68 Å². The molecule has 8 heteroatoms. The standard InChI is InChI=1S/C21H19ClN4O3/c1-12-3-6-14(22)9-17(12)24-19(27)10-18-21(28)25-20-16(11-23-26(18)20)13-4-7-15(29-2)8-5-13/h3-9,11,18H,10H2,1-2H3,(H,24,27)(H,25,28). The molecule has 2 amide bonds. The third-order valence-corrected chi connectivity index (χ3v) is 5.12. The summed E-state index contributed by atoms with van der Waals surface area (Å²) >= 11 is 6.00. The number of anilines is 2. The fraction of sp³-hybridized carbons (Fsp3) is 0.190. The van der Waals surface area contributed by atoms with Crippen molar-refractivity contribution in [1.29, 1.82) is 0 Å². The summed E-state index contributed by atoms with van der Waals surface area (Å²) in [6.07, 6.45) is 1.65. The molecule has 4 rings (SSSR count). The minimum absolute atomic E-state index is 0.0332. The molecule has 0 aliphatic carbocycles. The molecule has 0 saturated heterocycles. The second kappa shape index (κ2) is 7.60. The SMILES string of the molecule is COc1ccc(-c2cnn3c2NC(=O)C3CC(=O)Nc2cc(Cl)ccc2C)cc1. The smallest absolute Gasteiger partial charge is 0.251 e. The Morgan fingerprint density at radius 3 is 2.76 bits per heavy atom. The number of aryl methyl sites for hydroxylation is 1. The first kappa shape index (κ1) is 19.0. The van der Waals surface area contributed by atoms with Gasteiger partial charge in [0.1, 0.15) is 17.6 Å². The fourth-order valence-corrected chi connectivity index (χ4v) is 3.47. The summed E-state index contributed by atoms with van der Waals surface area (Å²) in [5, 5.41) is 10.5. The van der Waals surface area contributed by atoms with E-state index >= 15 is 0 Å². The van der Waals surface area contributed by atoms with Crippen LogP contribution < -0.4 is 15.4 Å². The summed E-state index contributed by atoms with van der Waals surface area (Å²) in [5.74, 6) is 0.773. The fourth-order valence-electron chi connectivity index (χ4n) is 3.30. The minimum atomic E-state index is -0.712. The van der Waals surface area contributed by atoms with E-state index in [4.69, 9.17) is 16.3 Å². The molecule has 2 aromatic carbocycles. The third kappa shape index (κ3) is 3.69. The van der Waals surface area contributed by atoms with E-state index in [1.165, 1.54) is 0 Å². The first-order valence-corrected chi connectivity index (χ1v) is 9.43. The van der Waals surface area contributed by atoms with Crippen molar-refractivity contribution in [3.8, 4) is 16.9 Å². The number of fused-ring (bicyclic) bond motifs is 1. The summed E-state index contributed by atoms with van der Waals surface area (Å²) in [7, 11) is 1.60. The lowest BCUT2D eigenvalue weighted by atomic mass is 10.1. The highest BCUT2D eigenvalue weighted by Gasteiger charge is 2.35. The van der Waals surface area contributed by atoms with Gasteiger partial charge in [0.25, 0.3) is 5.91 Å². The van der Waals surface area contributed by atoms with Crippen molar-refractivity contribution in [3.63, 3.8) is 0 Å². The van der Waals surface area contributed by atoms with Gasteiger partial charge in [0.2, 0.25) is 5.91 Å². The van der Waals surface area contributed by atoms with Crippen molar-refractivity contribution in [3.05, 3.63) is 59.2 Å². The molecule has 148 valence electrons. The van der Waals surface area contributed by atoms with Gasteiger partial charge in [-0.3, -0.25) is 9.59 Å². The lowest BCUT2D eigenvalue weighted by Crippen LogP contribution is -2.23. The van der Waals surface area contributed by atoms with Gasteiger partial charge in [-0.1, -0.05) is 29.8 Å². The zero-order chi connectivity index (χ0) is 20.5. The van der Waals surface area contributed by atoms with Gasteiger partial charge >= 0.3 is 0 Å². The highest BCUT2D eigenvalue weighted by molar-refractivity contribution is 6.31. The van der Waals surface area contributed by atoms with Crippen LogP contribution in [0.5, 0.6) is 5.75 Å². The molecule has 1 aromatic heterocycles. The van der Waals surface area contributed by atoms with Crippen LogP contribution in [0.15, 0.2) is 48.7 Å². The highest BCUT2D eigenvalue weighted by atomic mass is 35.5. The number of halogens is 1. The maximum atomic E-state index is 12.5. The molecule has 1 aliphatic rings. The molecule has 2 heterocycles. The Bertz CT molecular complexity index is 1090. The van der Waals surface area contributed by atoms with E-state index in [9.17, 15) is 9.59 Å². The van der Waals surface area contributed by atoms with Gasteiger partial charge < -0.3 is 15.4 Å². The second-order valence-corrected chi connectivity index (χ2v) is 7.23. The molecular weight excluding hydrogens is 392 g/mol. The van der Waals surface area contributed by atoms with Crippen molar-refractivity contribution >= 4 is 34.9 Å². The Labute approximate surface area is 172 Å². The molecule has 0 radical (unpaired) electrons. The Kier molecular flexibility index (Phi) is 4.98. The topological polar surface area (TPSA) is 85.2 Å². The Balaban J connectivity index is 1.53. The van der Waals surface area contributed by atoms with E-state index in [2.05, 4.69) is 15.7 Å². The summed E-state index contributed by atoms with van der Waals surface area (Å²) in [6, 6.07) is 12.0. The molecule has 1 unspecified atom stereocenters. The van der Waals surface area contributed by atoms with Crippen LogP contribution in [0.3, 0.4) is 0 Å². The summed E-state index contributed by atoms with van der Waals surface area (Å²) in [6.45, 7) is 1.88. The average molecular weight is 411 g/mol. The van der Waals surface area contributed by atoms with E-state index in [0.717, 1.165) is 22.4 Å². The van der Waals surface area contributed by atoms with Crippen molar-refractivity contribution in [2.24, 2.45) is 0 Å². The van der Waals surface area contributed by atoms with Crippen LogP contribution in [0.4, 0.5) is 11.5 Å². The number of rotatable bonds is 5. The molecule has 7 nitrogen and oxygen atoms in total. The first-order chi connectivity index (χ1) is 14.0. The van der Waals surface area contributed by atoms with Crippen molar-refractivity contribution in [2.45, 2.75) is 19.4 Å². The van der Waals surface area contributed by atoms with Gasteiger partial charge in [-0.15, -0.1) is 0 Å². The lowest BCUT2D eigenvalue weighted by Gasteiger charge is -2.11. The van der Waals surface area contributed by atoms with Crippen molar-refractivity contribution < 1.29 is 14.3 Å². The monoisotopic (exact) mass is 410 g/mol. The number of ether oxygens (including phenoxy) is 1. The number of methoxy groups -OCH3 is 1. The van der Waals surface area contributed by atoms with Gasteiger partial charge in [0.15, 0.2) is 0 Å². The molecule has 0 saturated carbocycles. The Morgan fingerprint density at radius 1 is 1.28 bits per heavy atom. The average Bonchev–Trinajstić information content (AvgIpc) is 3.24. The van der Waals surface area contributed by atoms with Crippen LogP contribution >= 0.6 is 11.6 Å². The van der Waals surface area contributed by atoms with Crippen LogP contribution in [0.2, 0.25) is 5.02 Å². The Morgan fingerprint density at radius 2 is 2.03 bits per heavy atom. The largest absolute Gasteiger partial charge is 0.497 e. The van der Waals surface area contributed by atoms with Crippen LogP contribution in [0.1, 0.15) is 18.0 Å². The summed E-state index contributed by atoms with van der Waals surface area (Å²) < 4.78 is 6.74. The normalized spacial score (nSPS) is 15.0. The van der Waals surface area contributed by atoms with Gasteiger partial charge in [0.05, 0.1) is 19.7 Å². The van der Waals surface area contributed by atoms with Gasteiger partial charge in [-0.2, -0.15) is 5.10 Å². The van der Waals surface area contributed by atoms with Crippen LogP contribution in [0, 0.1) is 6.92 Å². The third-order valence-electron chi connectivity index (χ3n) is 4.89. The molecule has 0 bridgehead atoms. The van der Waals surface area contributed by atoms with E-state index in [0.29, 0.717) is 16.5 Å². The van der Waals surface area contributed by atoms with E-state index in [1.807, 2.05) is 37.3 Å². The molecule has 1 aliphatic heterocycles. The second-order valence-electron chi connectivity index (χ2n) is 6.80. The zero-order valence-electron chi connectivity index (χ0n) is 15.9. The number of hydrogen-bond acceptors (Lipinski definition) is 4. The molecule has 1 atom stereocenters. The zero-order valence-corrected chi connectivity index (χ0v) is 16.7. The van der Waals surface area contributed by atoms with E-state index < -0.39 is 6.04 Å². The molecule has 0 fully saturated rings. The maximum absolute atomic E-state index is 12.5. The van der Waals surface area contributed by atoms with E-state index in [-0.39, 0.29) is 18.2 Å². The van der Waals surface area contributed by atoms with Crippen molar-refractivity contribution in [1.82, 2.24) is 9.78 Å². The molecule has 3 aromatic rings. The van der Waals surface area contributed by atoms with E-state index in [1.54, 1.807) is 30.1 Å². The number of carbonyl (C=O) groups excluding carboxylic acids is 2. The molecule has 29 heavy (non-hydrogen) atoms. The molecular formula is C21H19ClN4O3. The summed E-state index contributed by atoms with van der Waals surface area (Å²) in [5.41, 5.74) is 3.20. The number of nitrogens with one attached hydrogen (secondary N) is 2. The number of carbonyl (C=O) groups is 2. The first-order valence-electron chi connectivity index (χ1n) is 9.05. The summed E-state index contributed by atoms with van der Waals surface area (Å²) in [4.78, 5) is 25.0. The highest BCUT2D eigenvalue weighted by Crippen LogP contribution is 2.36. The predicted octanol–water partition coefficient (Wildman–Crippen LogP) is 4.04. The lowest BCUT2D eigenvalue weighted by molar-refractivity contribution is -0.123. The van der Waals surface area contributed by atoms with Gasteiger partial charge in [0, 0.05) is 16.3 Å². The molecule has 0 spiro atoms. The number of hydrogen-bond donors (Lipinski definition) is 2. The number of aromatic nitrogens is 2. The van der Waals surface area contributed by atoms with Crippen LogP contribution in [-0.4, -0.2) is 28.7 Å². The van der Waals surface area contributed by atoms with Crippen molar-refractivity contribution in [2.75, 3.05) is 17.7 Å². The number of amides is 2. The maximum Gasteiger partial charge on any atom is 0.251 e. The minimum Gasteiger partial charge on any atom is -0.497 e. The quantitative estimate of drug-likeness (QED) is 0.664. The van der Waals surface area contributed by atoms with Gasteiger partial charge in [-0.05, 0) is 42.3 Å². The predicted molar refractivity (Wildman–Crippen MR) is 111 cm³/mol. The number of nitrogens with zero attached hydrogens (tertiary/aromatic N) is 2. The van der Waals surface area contributed by atoms with Crippen LogP contribution in [0.25, 0.3) is 11.1 Å².